The first kappa shape index (κ1) is 7.05. The average molecular weight is 140 g/mol. The Kier molecular flexibility index (Phi) is 1.89. The third-order valence-electron chi connectivity index (χ3n) is 1.57. The fourth-order valence-corrected chi connectivity index (χ4v) is 0.954. The van der Waals surface area contributed by atoms with Crippen LogP contribution in [0.15, 0.2) is 5.16 Å². The number of likely N-dealkylation sites (tertiary alicyclic amines) is 1. The summed E-state index contributed by atoms with van der Waals surface area (Å²) in [6.45, 7) is 4.77. The molecule has 0 saturated carbocycles. The molecular formula is C6H10N3O. The lowest BCUT2D eigenvalue weighted by molar-refractivity contribution is 0.317. The smallest absolute Gasteiger partial charge is 0.0965 e. The second-order valence-electron chi connectivity index (χ2n) is 2.28. The van der Waals surface area contributed by atoms with E-state index in [0.29, 0.717) is 12.4 Å². The van der Waals surface area contributed by atoms with Crippen molar-refractivity contribution >= 4 is 11.5 Å². The molecule has 10 heavy (non-hydrogen) atoms. The molecule has 1 radical (unpaired) electrons. The van der Waals surface area contributed by atoms with E-state index in [-0.39, 0.29) is 0 Å². The van der Waals surface area contributed by atoms with Gasteiger partial charge in [-0.2, -0.15) is 0 Å². The molecule has 0 aromatic heterocycles. The molecular weight excluding hydrogens is 130 g/mol. The lowest BCUT2D eigenvalue weighted by Gasteiger charge is -2.12. The van der Waals surface area contributed by atoms with Gasteiger partial charge in [0.2, 0.25) is 0 Å². The summed E-state index contributed by atoms with van der Waals surface area (Å²) in [7, 11) is 0. The molecule has 0 aromatic carbocycles. The Morgan fingerprint density at radius 2 is 2.50 bits per heavy atom. The summed E-state index contributed by atoms with van der Waals surface area (Å²) in [4.78, 5) is 1.76. The number of hydrogen-bond donors (Lipinski definition) is 2. The number of oxime groups is 1. The van der Waals surface area contributed by atoms with Crippen molar-refractivity contribution in [3.8, 4) is 0 Å². The van der Waals surface area contributed by atoms with E-state index >= 15 is 0 Å². The van der Waals surface area contributed by atoms with Gasteiger partial charge in [-0.3, -0.25) is 5.41 Å². The normalized spacial score (nSPS) is 22.1. The van der Waals surface area contributed by atoms with Gasteiger partial charge in [-0.1, -0.05) is 5.16 Å². The monoisotopic (exact) mass is 140 g/mol. The maximum absolute atomic E-state index is 8.34. The Hall–Kier alpha value is -1.06. The number of nitrogens with zero attached hydrogens (tertiary/aromatic N) is 2. The van der Waals surface area contributed by atoms with E-state index in [9.17, 15) is 0 Å². The SMILES string of the molecule is [CH2]C(=N)N1CC/C(=N/O)C1. The van der Waals surface area contributed by atoms with Gasteiger partial charge in [0.05, 0.1) is 18.1 Å². The van der Waals surface area contributed by atoms with Crippen molar-refractivity contribution in [2.45, 2.75) is 6.42 Å². The van der Waals surface area contributed by atoms with Crippen LogP contribution < -0.4 is 0 Å². The molecule has 0 unspecified atom stereocenters. The van der Waals surface area contributed by atoms with Gasteiger partial charge in [0.1, 0.15) is 0 Å². The summed E-state index contributed by atoms with van der Waals surface area (Å²) >= 11 is 0. The maximum Gasteiger partial charge on any atom is 0.0965 e. The molecule has 0 bridgehead atoms. The highest BCUT2D eigenvalue weighted by molar-refractivity contribution is 5.94. The van der Waals surface area contributed by atoms with Crippen LogP contribution in [0.2, 0.25) is 0 Å². The Bertz CT molecular complexity index is 176. The highest BCUT2D eigenvalue weighted by Crippen LogP contribution is 2.04. The van der Waals surface area contributed by atoms with E-state index in [1.165, 1.54) is 0 Å². The Morgan fingerprint density at radius 1 is 1.80 bits per heavy atom. The Labute approximate surface area is 59.6 Å². The van der Waals surface area contributed by atoms with E-state index in [0.717, 1.165) is 18.7 Å². The molecule has 1 heterocycles. The standard InChI is InChI=1S/C6H10N3O/c1-5(7)9-3-2-6(4-9)8-10/h7,10H,1-4H2/b7-5?,8-6-. The molecule has 1 saturated heterocycles. The molecule has 0 atom stereocenters. The fourth-order valence-electron chi connectivity index (χ4n) is 0.954. The van der Waals surface area contributed by atoms with Crippen LogP contribution >= 0.6 is 0 Å². The second kappa shape index (κ2) is 2.68. The van der Waals surface area contributed by atoms with E-state index < -0.39 is 0 Å². The van der Waals surface area contributed by atoms with Crippen molar-refractivity contribution in [1.82, 2.24) is 4.90 Å². The van der Waals surface area contributed by atoms with Gasteiger partial charge in [0, 0.05) is 19.9 Å². The van der Waals surface area contributed by atoms with Gasteiger partial charge >= 0.3 is 0 Å². The van der Waals surface area contributed by atoms with Gasteiger partial charge < -0.3 is 10.1 Å². The third-order valence-corrected chi connectivity index (χ3v) is 1.57. The lowest BCUT2D eigenvalue weighted by Crippen LogP contribution is -2.25. The van der Waals surface area contributed by atoms with Gasteiger partial charge in [0.25, 0.3) is 0 Å². The van der Waals surface area contributed by atoms with Crippen molar-refractivity contribution < 1.29 is 5.21 Å². The summed E-state index contributed by atoms with van der Waals surface area (Å²) in [5, 5.41) is 18.5. The first-order valence-corrected chi connectivity index (χ1v) is 3.09. The highest BCUT2D eigenvalue weighted by Gasteiger charge is 2.17. The predicted octanol–water partition coefficient (Wildman–Crippen LogP) is 0.334. The second-order valence-corrected chi connectivity index (χ2v) is 2.28. The molecule has 1 fully saturated rings. The quantitative estimate of drug-likeness (QED) is 0.220. The van der Waals surface area contributed by atoms with Crippen LogP contribution in [0.5, 0.6) is 0 Å². The van der Waals surface area contributed by atoms with Gasteiger partial charge in [0.15, 0.2) is 0 Å². The van der Waals surface area contributed by atoms with E-state index in [1.54, 1.807) is 4.90 Å². The van der Waals surface area contributed by atoms with Crippen molar-refractivity contribution in [3.63, 3.8) is 0 Å². The molecule has 2 N–H and O–H groups in total. The Morgan fingerprint density at radius 3 is 2.80 bits per heavy atom. The van der Waals surface area contributed by atoms with Crippen molar-refractivity contribution in [3.05, 3.63) is 6.92 Å². The topological polar surface area (TPSA) is 59.7 Å². The Balaban J connectivity index is 2.51. The zero-order chi connectivity index (χ0) is 7.56. The maximum atomic E-state index is 8.34. The number of rotatable bonds is 0. The first-order valence-electron chi connectivity index (χ1n) is 3.09. The van der Waals surface area contributed by atoms with Gasteiger partial charge in [-0.25, -0.2) is 0 Å². The molecule has 0 spiro atoms. The van der Waals surface area contributed by atoms with Crippen molar-refractivity contribution in [2.75, 3.05) is 13.1 Å². The fraction of sp³-hybridized carbons (Fsp3) is 0.500. The summed E-state index contributed by atoms with van der Waals surface area (Å²) in [5.41, 5.74) is 0.730. The van der Waals surface area contributed by atoms with Crippen LogP contribution in [-0.4, -0.2) is 34.7 Å². The van der Waals surface area contributed by atoms with Crippen LogP contribution in [0.3, 0.4) is 0 Å². The molecule has 55 valence electrons. The molecule has 4 nitrogen and oxygen atoms in total. The highest BCUT2D eigenvalue weighted by atomic mass is 16.4. The van der Waals surface area contributed by atoms with Crippen LogP contribution in [0, 0.1) is 12.3 Å². The summed E-state index contributed by atoms with van der Waals surface area (Å²) in [5.74, 6) is 0.290. The zero-order valence-electron chi connectivity index (χ0n) is 5.67. The van der Waals surface area contributed by atoms with E-state index in [2.05, 4.69) is 12.1 Å². The average Bonchev–Trinajstić information content (AvgIpc) is 2.34. The third kappa shape index (κ3) is 1.26. The summed E-state index contributed by atoms with van der Waals surface area (Å²) < 4.78 is 0. The molecule has 1 aliphatic heterocycles. The largest absolute Gasteiger partial charge is 0.411 e. The van der Waals surface area contributed by atoms with Crippen molar-refractivity contribution in [1.29, 1.82) is 5.41 Å². The molecule has 0 aliphatic carbocycles. The van der Waals surface area contributed by atoms with Gasteiger partial charge in [-0.05, 0) is 0 Å². The first-order chi connectivity index (χ1) is 4.74. The number of hydrogen-bond acceptors (Lipinski definition) is 3. The minimum absolute atomic E-state index is 0.290. The zero-order valence-corrected chi connectivity index (χ0v) is 5.67. The van der Waals surface area contributed by atoms with Crippen LogP contribution in [0.25, 0.3) is 0 Å². The summed E-state index contributed by atoms with van der Waals surface area (Å²) in [6, 6.07) is 0. The lowest BCUT2D eigenvalue weighted by atomic mass is 10.3. The molecule has 4 heteroatoms. The predicted molar refractivity (Wildman–Crippen MR) is 38.5 cm³/mol. The van der Waals surface area contributed by atoms with Crippen molar-refractivity contribution in [2.24, 2.45) is 5.16 Å². The summed E-state index contributed by atoms with van der Waals surface area (Å²) in [6.07, 6.45) is 0.744. The van der Waals surface area contributed by atoms with E-state index in [4.69, 9.17) is 10.6 Å². The molecule has 0 amide bonds. The van der Waals surface area contributed by atoms with Crippen LogP contribution in [0.1, 0.15) is 6.42 Å². The minimum Gasteiger partial charge on any atom is -0.411 e. The number of amidine groups is 1. The molecule has 0 aromatic rings. The minimum atomic E-state index is 0.290. The van der Waals surface area contributed by atoms with Crippen LogP contribution in [0.4, 0.5) is 0 Å². The van der Waals surface area contributed by atoms with E-state index in [1.807, 2.05) is 0 Å². The number of nitrogens with one attached hydrogen (secondary N) is 1. The van der Waals surface area contributed by atoms with Crippen LogP contribution in [-0.2, 0) is 0 Å². The molecule has 1 rings (SSSR count). The molecule has 1 aliphatic rings. The van der Waals surface area contributed by atoms with Gasteiger partial charge in [-0.15, -0.1) is 0 Å².